The van der Waals surface area contributed by atoms with Crippen molar-refractivity contribution < 1.29 is 23.4 Å². The van der Waals surface area contributed by atoms with Crippen LogP contribution in [0.3, 0.4) is 0 Å². The van der Waals surface area contributed by atoms with E-state index in [1.54, 1.807) is 4.68 Å². The summed E-state index contributed by atoms with van der Waals surface area (Å²) in [6.07, 6.45) is 9.23. The molecule has 0 saturated heterocycles. The van der Waals surface area contributed by atoms with E-state index in [1.165, 1.54) is 13.2 Å². The molecule has 0 saturated carbocycles. The molecule has 3 aromatic rings. The molecule has 2 aliphatic rings. The molecular formula is C33H35FN2O4. The number of rotatable bonds is 6. The van der Waals surface area contributed by atoms with Crippen molar-refractivity contribution in [3.05, 3.63) is 95.1 Å². The van der Waals surface area contributed by atoms with Gasteiger partial charge in [-0.1, -0.05) is 30.9 Å². The molecule has 40 heavy (non-hydrogen) atoms. The van der Waals surface area contributed by atoms with E-state index in [2.05, 4.69) is 37.7 Å². The molecular weight excluding hydrogens is 507 g/mol. The number of allylic oxidation sites excluding steroid dienone is 3. The fourth-order valence-electron chi connectivity index (χ4n) is 5.66. The Bertz CT molecular complexity index is 1490. The van der Waals surface area contributed by atoms with Gasteiger partial charge in [-0.3, -0.25) is 9.48 Å². The molecule has 0 amide bonds. The summed E-state index contributed by atoms with van der Waals surface area (Å²) in [5, 5.41) is 4.30. The maximum atomic E-state index is 15.3. The van der Waals surface area contributed by atoms with Crippen LogP contribution >= 0.6 is 0 Å². The lowest BCUT2D eigenvalue weighted by Crippen LogP contribution is -2.19. The molecule has 0 radical (unpaired) electrons. The summed E-state index contributed by atoms with van der Waals surface area (Å²) in [6, 6.07) is 9.91. The number of carbonyl (C=O) groups is 1. The highest BCUT2D eigenvalue weighted by atomic mass is 19.1. The van der Waals surface area contributed by atoms with E-state index in [0.29, 0.717) is 30.1 Å². The molecule has 1 aliphatic carbocycles. The normalized spacial score (nSPS) is 21.6. The van der Waals surface area contributed by atoms with Gasteiger partial charge in [0.2, 0.25) is 0 Å². The van der Waals surface area contributed by atoms with Gasteiger partial charge in [0, 0.05) is 41.9 Å². The molecule has 2 atom stereocenters. The SMILES string of the molecule is C=C1/C(F)=C\C=C(\c2c(C)cc(-c3cnn(C)c3)cc2C)CCC[C@H]1Oc1ccc2c(c1)OC[C@H]2CC(=O)OC. The third-order valence-corrected chi connectivity index (χ3v) is 7.71. The number of halogens is 1. The van der Waals surface area contributed by atoms with Crippen LogP contribution < -0.4 is 9.47 Å². The van der Waals surface area contributed by atoms with Crippen molar-refractivity contribution in [1.29, 1.82) is 0 Å². The number of fused-ring (bicyclic) bond motifs is 1. The number of esters is 1. The molecule has 0 N–H and O–H groups in total. The predicted molar refractivity (Wildman–Crippen MR) is 154 cm³/mol. The third-order valence-electron chi connectivity index (χ3n) is 7.71. The molecule has 0 fully saturated rings. The molecule has 6 nitrogen and oxygen atoms in total. The Morgan fingerprint density at radius 1 is 1.18 bits per heavy atom. The van der Waals surface area contributed by atoms with E-state index >= 15 is 4.39 Å². The molecule has 2 heterocycles. The molecule has 7 heteroatoms. The summed E-state index contributed by atoms with van der Waals surface area (Å²) in [5.41, 5.74) is 8.00. The Kier molecular flexibility index (Phi) is 7.92. The fourth-order valence-corrected chi connectivity index (χ4v) is 5.66. The number of hydrogen-bond donors (Lipinski definition) is 0. The van der Waals surface area contributed by atoms with Crippen LogP contribution in [0, 0.1) is 13.8 Å². The molecule has 1 aromatic heterocycles. The van der Waals surface area contributed by atoms with Crippen LogP contribution in [0.5, 0.6) is 11.5 Å². The van der Waals surface area contributed by atoms with Crippen molar-refractivity contribution in [2.24, 2.45) is 7.05 Å². The van der Waals surface area contributed by atoms with Crippen LogP contribution in [0.2, 0.25) is 0 Å². The van der Waals surface area contributed by atoms with Gasteiger partial charge < -0.3 is 14.2 Å². The number of benzene rings is 2. The second kappa shape index (κ2) is 11.5. The minimum atomic E-state index is -0.510. The summed E-state index contributed by atoms with van der Waals surface area (Å²) < 4.78 is 34.0. The van der Waals surface area contributed by atoms with E-state index in [1.807, 2.05) is 43.7 Å². The minimum absolute atomic E-state index is 0.0495. The lowest BCUT2D eigenvalue weighted by molar-refractivity contribution is -0.141. The van der Waals surface area contributed by atoms with E-state index in [0.717, 1.165) is 51.8 Å². The monoisotopic (exact) mass is 542 g/mol. The summed E-state index contributed by atoms with van der Waals surface area (Å²) in [4.78, 5) is 11.7. The van der Waals surface area contributed by atoms with E-state index in [9.17, 15) is 4.79 Å². The first-order valence-corrected chi connectivity index (χ1v) is 13.6. The van der Waals surface area contributed by atoms with Crippen LogP contribution in [-0.4, -0.2) is 35.6 Å². The maximum absolute atomic E-state index is 15.3. The average molecular weight is 543 g/mol. The lowest BCUT2D eigenvalue weighted by atomic mass is 9.89. The first kappa shape index (κ1) is 27.4. The van der Waals surface area contributed by atoms with Gasteiger partial charge in [-0.15, -0.1) is 0 Å². The van der Waals surface area contributed by atoms with E-state index in [4.69, 9.17) is 14.2 Å². The molecule has 2 aromatic carbocycles. The Balaban J connectivity index is 1.32. The number of methoxy groups -OCH3 is 1. The number of aryl methyl sites for hydroxylation is 3. The number of nitrogens with zero attached hydrogens (tertiary/aromatic N) is 2. The standard InChI is InChI=1S/C33H35FN2O4/c1-20-13-24(26-17-35-36(4)18-26)14-21(2)33(20)23-7-6-8-30(22(3)29(34)12-9-23)40-27-10-11-28-25(15-32(37)38-5)19-39-31(28)16-27/h9-14,16-18,25,30H,3,6-8,15,19H2,1-2,4-5H3/b23-9+,29-12+/t25-,30-/m1/s1. The van der Waals surface area contributed by atoms with Crippen molar-refractivity contribution >= 4 is 11.5 Å². The van der Waals surface area contributed by atoms with Gasteiger partial charge in [-0.2, -0.15) is 5.10 Å². The summed E-state index contributed by atoms with van der Waals surface area (Å²) in [6.45, 7) is 8.66. The van der Waals surface area contributed by atoms with Gasteiger partial charge in [0.05, 0.1) is 26.3 Å². The van der Waals surface area contributed by atoms with Crippen LogP contribution in [0.25, 0.3) is 16.7 Å². The van der Waals surface area contributed by atoms with Gasteiger partial charge in [0.15, 0.2) is 0 Å². The minimum Gasteiger partial charge on any atom is -0.492 e. The number of aromatic nitrogens is 2. The number of carbonyl (C=O) groups excluding carboxylic acids is 1. The molecule has 0 unspecified atom stereocenters. The zero-order valence-electron chi connectivity index (χ0n) is 23.5. The summed E-state index contributed by atoms with van der Waals surface area (Å²) in [5.74, 6) is 0.560. The maximum Gasteiger partial charge on any atom is 0.306 e. The fraction of sp³-hybridized carbons (Fsp3) is 0.333. The molecule has 0 spiro atoms. The van der Waals surface area contributed by atoms with Crippen molar-refractivity contribution in [3.8, 4) is 22.6 Å². The average Bonchev–Trinajstić information content (AvgIpc) is 3.55. The molecule has 1 aliphatic heterocycles. The van der Waals surface area contributed by atoms with E-state index < -0.39 is 6.10 Å². The Labute approximate surface area is 234 Å². The van der Waals surface area contributed by atoms with Crippen LogP contribution in [-0.2, 0) is 16.6 Å². The van der Waals surface area contributed by atoms with Gasteiger partial charge in [-0.05, 0) is 73.1 Å². The second-order valence-electron chi connectivity index (χ2n) is 10.6. The van der Waals surface area contributed by atoms with Crippen LogP contribution in [0.15, 0.2) is 72.9 Å². The van der Waals surface area contributed by atoms with Gasteiger partial charge >= 0.3 is 5.97 Å². The summed E-state index contributed by atoms with van der Waals surface area (Å²) in [7, 11) is 3.29. The van der Waals surface area contributed by atoms with Crippen molar-refractivity contribution in [2.45, 2.75) is 51.6 Å². The van der Waals surface area contributed by atoms with Crippen LogP contribution in [0.4, 0.5) is 4.39 Å². The second-order valence-corrected chi connectivity index (χ2v) is 10.6. The summed E-state index contributed by atoms with van der Waals surface area (Å²) >= 11 is 0. The van der Waals surface area contributed by atoms with Crippen molar-refractivity contribution in [2.75, 3.05) is 13.7 Å². The lowest BCUT2D eigenvalue weighted by Gasteiger charge is -2.21. The quantitative estimate of drug-likeness (QED) is 0.309. The largest absolute Gasteiger partial charge is 0.492 e. The highest BCUT2D eigenvalue weighted by Crippen LogP contribution is 2.40. The Hall–Kier alpha value is -4.13. The molecule has 0 bridgehead atoms. The first-order valence-electron chi connectivity index (χ1n) is 13.6. The van der Waals surface area contributed by atoms with E-state index in [-0.39, 0.29) is 24.1 Å². The highest BCUT2D eigenvalue weighted by molar-refractivity contribution is 5.76. The number of hydrogen-bond acceptors (Lipinski definition) is 5. The van der Waals surface area contributed by atoms with Gasteiger partial charge in [-0.25, -0.2) is 4.39 Å². The smallest absolute Gasteiger partial charge is 0.306 e. The first-order chi connectivity index (χ1) is 19.2. The van der Waals surface area contributed by atoms with Gasteiger partial charge in [0.1, 0.15) is 23.4 Å². The number of ether oxygens (including phenoxy) is 3. The zero-order chi connectivity index (χ0) is 28.4. The molecule has 208 valence electrons. The van der Waals surface area contributed by atoms with Crippen LogP contribution in [0.1, 0.15) is 53.9 Å². The Morgan fingerprint density at radius 3 is 2.65 bits per heavy atom. The van der Waals surface area contributed by atoms with Gasteiger partial charge in [0.25, 0.3) is 0 Å². The molecule has 5 rings (SSSR count). The highest BCUT2D eigenvalue weighted by Gasteiger charge is 2.28. The third kappa shape index (κ3) is 5.74. The zero-order valence-corrected chi connectivity index (χ0v) is 23.5. The van der Waals surface area contributed by atoms with Crippen molar-refractivity contribution in [3.63, 3.8) is 0 Å². The predicted octanol–water partition coefficient (Wildman–Crippen LogP) is 7.17. The Morgan fingerprint density at radius 2 is 1.95 bits per heavy atom. The topological polar surface area (TPSA) is 62.6 Å². The van der Waals surface area contributed by atoms with Crippen molar-refractivity contribution in [1.82, 2.24) is 9.78 Å².